The zero-order valence-electron chi connectivity index (χ0n) is 10.9. The lowest BCUT2D eigenvalue weighted by atomic mass is 9.50. The Kier molecular flexibility index (Phi) is 2.59. The highest BCUT2D eigenvalue weighted by Crippen LogP contribution is 2.62. The largest absolute Gasteiger partial charge is 0.497 e. The maximum atomic E-state index is 9.61. The number of benzene rings is 1. The molecular formula is C16H19NO. The van der Waals surface area contributed by atoms with E-state index in [1.807, 2.05) is 18.2 Å². The van der Waals surface area contributed by atoms with Gasteiger partial charge in [0, 0.05) is 0 Å². The van der Waals surface area contributed by atoms with Gasteiger partial charge in [0.15, 0.2) is 0 Å². The zero-order chi connectivity index (χ0) is 12.6. The molecule has 0 atom stereocenters. The SMILES string of the molecule is COc1cccc(C2(C#N)CC3(CCCC3)C2)c1. The standard InChI is InChI=1S/C16H19NO/c1-18-14-6-4-5-13(9-14)16(12-17)10-15(11-16)7-2-3-8-15/h4-6,9H,2-3,7-8,10-11H2,1H3. The molecule has 0 aromatic heterocycles. The molecule has 1 spiro atoms. The number of hydrogen-bond donors (Lipinski definition) is 0. The molecular weight excluding hydrogens is 222 g/mol. The number of ether oxygens (including phenoxy) is 1. The monoisotopic (exact) mass is 241 g/mol. The molecule has 2 nitrogen and oxygen atoms in total. The average molecular weight is 241 g/mol. The molecule has 2 aliphatic rings. The fourth-order valence-electron chi connectivity index (χ4n) is 3.98. The van der Waals surface area contributed by atoms with Crippen LogP contribution in [0.1, 0.15) is 44.1 Å². The Morgan fingerprint density at radius 3 is 2.56 bits per heavy atom. The molecule has 0 heterocycles. The molecule has 0 aliphatic heterocycles. The number of methoxy groups -OCH3 is 1. The van der Waals surface area contributed by atoms with Crippen molar-refractivity contribution in [2.45, 2.75) is 43.9 Å². The summed E-state index contributed by atoms with van der Waals surface area (Å²) in [6, 6.07) is 10.6. The normalized spacial score (nSPS) is 23.3. The van der Waals surface area contributed by atoms with Gasteiger partial charge in [0.1, 0.15) is 5.75 Å². The van der Waals surface area contributed by atoms with Crippen LogP contribution in [0.15, 0.2) is 24.3 Å². The van der Waals surface area contributed by atoms with Crippen LogP contribution in [-0.2, 0) is 5.41 Å². The molecule has 0 unspecified atom stereocenters. The zero-order valence-corrected chi connectivity index (χ0v) is 10.9. The minimum Gasteiger partial charge on any atom is -0.497 e. The van der Waals surface area contributed by atoms with Crippen molar-refractivity contribution in [3.63, 3.8) is 0 Å². The molecule has 18 heavy (non-hydrogen) atoms. The minimum absolute atomic E-state index is 0.251. The molecule has 1 aromatic rings. The lowest BCUT2D eigenvalue weighted by Crippen LogP contribution is -2.47. The Bertz CT molecular complexity index is 486. The molecule has 2 aliphatic carbocycles. The van der Waals surface area contributed by atoms with Gasteiger partial charge >= 0.3 is 0 Å². The van der Waals surface area contributed by atoms with Gasteiger partial charge in [-0.2, -0.15) is 5.26 Å². The highest BCUT2D eigenvalue weighted by Gasteiger charge is 2.56. The Balaban J connectivity index is 1.87. The summed E-state index contributed by atoms with van der Waals surface area (Å²) >= 11 is 0. The van der Waals surface area contributed by atoms with E-state index in [4.69, 9.17) is 4.74 Å². The molecule has 0 N–H and O–H groups in total. The van der Waals surface area contributed by atoms with Gasteiger partial charge in [-0.25, -0.2) is 0 Å². The van der Waals surface area contributed by atoms with E-state index in [1.54, 1.807) is 7.11 Å². The van der Waals surface area contributed by atoms with Crippen LogP contribution in [-0.4, -0.2) is 7.11 Å². The first-order valence-electron chi connectivity index (χ1n) is 6.78. The summed E-state index contributed by atoms with van der Waals surface area (Å²) < 4.78 is 5.27. The van der Waals surface area contributed by atoms with E-state index in [1.165, 1.54) is 25.7 Å². The van der Waals surface area contributed by atoms with E-state index >= 15 is 0 Å². The Hall–Kier alpha value is -1.49. The van der Waals surface area contributed by atoms with Gasteiger partial charge in [-0.1, -0.05) is 25.0 Å². The average Bonchev–Trinajstić information content (AvgIpc) is 2.85. The summed E-state index contributed by atoms with van der Waals surface area (Å²) in [6.07, 6.45) is 7.42. The molecule has 0 saturated heterocycles. The molecule has 0 bridgehead atoms. The third kappa shape index (κ3) is 1.61. The highest BCUT2D eigenvalue weighted by molar-refractivity contribution is 5.42. The van der Waals surface area contributed by atoms with E-state index in [0.29, 0.717) is 5.41 Å². The minimum atomic E-state index is -0.251. The quantitative estimate of drug-likeness (QED) is 0.788. The fraction of sp³-hybridized carbons (Fsp3) is 0.562. The first-order valence-corrected chi connectivity index (χ1v) is 6.78. The van der Waals surface area contributed by atoms with Crippen LogP contribution in [0.5, 0.6) is 5.75 Å². The van der Waals surface area contributed by atoms with E-state index in [-0.39, 0.29) is 5.41 Å². The third-order valence-corrected chi connectivity index (χ3v) is 4.85. The first kappa shape index (κ1) is 11.6. The van der Waals surface area contributed by atoms with Gasteiger partial charge in [-0.05, 0) is 48.8 Å². The smallest absolute Gasteiger partial charge is 0.119 e. The van der Waals surface area contributed by atoms with Gasteiger partial charge in [-0.15, -0.1) is 0 Å². The van der Waals surface area contributed by atoms with Gasteiger partial charge in [0.25, 0.3) is 0 Å². The van der Waals surface area contributed by atoms with Crippen molar-refractivity contribution in [2.24, 2.45) is 5.41 Å². The van der Waals surface area contributed by atoms with Crippen molar-refractivity contribution in [1.82, 2.24) is 0 Å². The van der Waals surface area contributed by atoms with Crippen LogP contribution in [0.2, 0.25) is 0 Å². The van der Waals surface area contributed by atoms with E-state index in [9.17, 15) is 5.26 Å². The van der Waals surface area contributed by atoms with Gasteiger partial charge in [0.2, 0.25) is 0 Å². The number of hydrogen-bond acceptors (Lipinski definition) is 2. The van der Waals surface area contributed by atoms with Crippen molar-refractivity contribution >= 4 is 0 Å². The van der Waals surface area contributed by atoms with E-state index in [2.05, 4.69) is 12.1 Å². The van der Waals surface area contributed by atoms with Crippen LogP contribution in [0.4, 0.5) is 0 Å². The summed E-state index contributed by atoms with van der Waals surface area (Å²) in [7, 11) is 1.68. The second-order valence-corrected chi connectivity index (χ2v) is 5.99. The summed E-state index contributed by atoms with van der Waals surface area (Å²) in [5.41, 5.74) is 1.37. The van der Waals surface area contributed by atoms with Crippen LogP contribution < -0.4 is 4.74 Å². The molecule has 1 aromatic carbocycles. The van der Waals surface area contributed by atoms with Crippen LogP contribution in [0.3, 0.4) is 0 Å². The fourth-order valence-corrected chi connectivity index (χ4v) is 3.98. The molecule has 0 radical (unpaired) electrons. The van der Waals surface area contributed by atoms with Crippen molar-refractivity contribution in [2.75, 3.05) is 7.11 Å². The van der Waals surface area contributed by atoms with E-state index < -0.39 is 0 Å². The van der Waals surface area contributed by atoms with Crippen molar-refractivity contribution in [3.8, 4) is 11.8 Å². The number of nitriles is 1. The van der Waals surface area contributed by atoms with Crippen LogP contribution >= 0.6 is 0 Å². The Labute approximate surface area is 109 Å². The molecule has 3 rings (SSSR count). The summed E-state index contributed by atoms with van der Waals surface area (Å²) in [4.78, 5) is 0. The molecule has 2 fully saturated rings. The van der Waals surface area contributed by atoms with E-state index in [0.717, 1.165) is 24.2 Å². The lowest BCUT2D eigenvalue weighted by molar-refractivity contribution is 0.0647. The Morgan fingerprint density at radius 1 is 1.22 bits per heavy atom. The third-order valence-electron chi connectivity index (χ3n) is 4.85. The summed E-state index contributed by atoms with van der Waals surface area (Å²) in [5, 5.41) is 9.61. The predicted octanol–water partition coefficient (Wildman–Crippen LogP) is 3.81. The predicted molar refractivity (Wildman–Crippen MR) is 70.4 cm³/mol. The summed E-state index contributed by atoms with van der Waals surface area (Å²) in [6.45, 7) is 0. The highest BCUT2D eigenvalue weighted by atomic mass is 16.5. The molecule has 94 valence electrons. The number of nitrogens with zero attached hydrogens (tertiary/aromatic N) is 1. The van der Waals surface area contributed by atoms with Crippen LogP contribution in [0.25, 0.3) is 0 Å². The second-order valence-electron chi connectivity index (χ2n) is 5.99. The van der Waals surface area contributed by atoms with Gasteiger partial charge in [-0.3, -0.25) is 0 Å². The topological polar surface area (TPSA) is 33.0 Å². The maximum absolute atomic E-state index is 9.61. The number of rotatable bonds is 2. The van der Waals surface area contributed by atoms with Gasteiger partial charge in [0.05, 0.1) is 18.6 Å². The molecule has 2 saturated carbocycles. The lowest BCUT2D eigenvalue weighted by Gasteiger charge is -2.51. The van der Waals surface area contributed by atoms with Crippen molar-refractivity contribution < 1.29 is 4.74 Å². The second kappa shape index (κ2) is 4.02. The van der Waals surface area contributed by atoms with Gasteiger partial charge < -0.3 is 4.74 Å². The van der Waals surface area contributed by atoms with Crippen molar-refractivity contribution in [1.29, 1.82) is 5.26 Å². The molecule has 0 amide bonds. The maximum Gasteiger partial charge on any atom is 0.119 e. The van der Waals surface area contributed by atoms with Crippen molar-refractivity contribution in [3.05, 3.63) is 29.8 Å². The van der Waals surface area contributed by atoms with Crippen LogP contribution in [0, 0.1) is 16.7 Å². The molecule has 2 heteroatoms. The first-order chi connectivity index (χ1) is 8.72. The summed E-state index contributed by atoms with van der Waals surface area (Å²) in [5.74, 6) is 0.856. The Morgan fingerprint density at radius 2 is 1.94 bits per heavy atom.